The van der Waals surface area contributed by atoms with E-state index in [1.54, 1.807) is 7.11 Å². The molecule has 0 aliphatic heterocycles. The number of hydrogen-bond donors (Lipinski definition) is 1. The lowest BCUT2D eigenvalue weighted by Gasteiger charge is -2.20. The van der Waals surface area contributed by atoms with Crippen LogP contribution in [0.15, 0.2) is 55.1 Å². The Kier molecular flexibility index (Phi) is 10.7. The van der Waals surface area contributed by atoms with Crippen LogP contribution in [0.5, 0.6) is 11.5 Å². The van der Waals surface area contributed by atoms with E-state index in [1.807, 2.05) is 24.3 Å². The minimum Gasteiger partial charge on any atom is -0.493 e. The number of allylic oxidation sites excluding steroid dienone is 1. The van der Waals surface area contributed by atoms with Crippen LogP contribution in [0.2, 0.25) is 0 Å². The highest BCUT2D eigenvalue weighted by atomic mass is 16.5. The first-order chi connectivity index (χ1) is 18.7. The Morgan fingerprint density at radius 3 is 2.74 bits per heavy atom. The van der Waals surface area contributed by atoms with Crippen molar-refractivity contribution in [3.63, 3.8) is 0 Å². The number of para-hydroxylation sites is 2. The molecule has 2 aromatic carbocycles. The molecule has 1 aliphatic rings. The molecule has 1 aliphatic carbocycles. The molecule has 6 nitrogen and oxygen atoms in total. The zero-order valence-corrected chi connectivity index (χ0v) is 22.9. The summed E-state index contributed by atoms with van der Waals surface area (Å²) in [6.45, 7) is 6.04. The summed E-state index contributed by atoms with van der Waals surface area (Å²) in [6, 6.07) is 14.4. The molecule has 0 unspecified atom stereocenters. The fourth-order valence-electron chi connectivity index (χ4n) is 5.40. The second kappa shape index (κ2) is 14.6. The lowest BCUT2D eigenvalue weighted by molar-refractivity contribution is -0.125. The normalized spacial score (nSPS) is 13.9. The molecule has 1 saturated carbocycles. The van der Waals surface area contributed by atoms with Gasteiger partial charge in [-0.3, -0.25) is 4.79 Å². The number of ether oxygens (including phenoxy) is 2. The molecule has 0 radical (unpaired) electrons. The van der Waals surface area contributed by atoms with Crippen LogP contribution in [0.3, 0.4) is 0 Å². The third kappa shape index (κ3) is 7.62. The number of carbonyl (C=O) groups is 1. The van der Waals surface area contributed by atoms with Gasteiger partial charge in [0.05, 0.1) is 24.8 Å². The number of amides is 1. The molecule has 0 atom stereocenters. The summed E-state index contributed by atoms with van der Waals surface area (Å²) in [5, 5.41) is 3.16. The highest BCUT2D eigenvalue weighted by Crippen LogP contribution is 2.29. The largest absolute Gasteiger partial charge is 0.493 e. The molecule has 1 N–H and O–H groups in total. The predicted molar refractivity (Wildman–Crippen MR) is 154 cm³/mol. The number of unbranched alkanes of at least 4 members (excludes halogenated alkanes) is 2. The Labute approximate surface area is 227 Å². The van der Waals surface area contributed by atoms with Gasteiger partial charge in [0.2, 0.25) is 5.91 Å². The second-order valence-corrected chi connectivity index (χ2v) is 10.3. The number of methoxy groups -OCH3 is 1. The number of rotatable bonds is 15. The number of aromatic nitrogens is 2. The molecule has 1 amide bonds. The van der Waals surface area contributed by atoms with E-state index in [0.29, 0.717) is 6.61 Å². The summed E-state index contributed by atoms with van der Waals surface area (Å²) in [4.78, 5) is 17.3. The van der Waals surface area contributed by atoms with E-state index < -0.39 is 0 Å². The minimum absolute atomic E-state index is 0.241. The first kappa shape index (κ1) is 27.7. The van der Waals surface area contributed by atoms with Gasteiger partial charge in [0.15, 0.2) is 11.5 Å². The summed E-state index contributed by atoms with van der Waals surface area (Å²) in [6.07, 6.45) is 13.5. The average Bonchev–Trinajstić information content (AvgIpc) is 3.31. The Hall–Kier alpha value is -3.28. The number of imidazole rings is 1. The summed E-state index contributed by atoms with van der Waals surface area (Å²) in [7, 11) is 1.68. The van der Waals surface area contributed by atoms with Crippen molar-refractivity contribution in [3.8, 4) is 11.5 Å². The van der Waals surface area contributed by atoms with Gasteiger partial charge >= 0.3 is 0 Å². The number of benzene rings is 2. The van der Waals surface area contributed by atoms with E-state index in [2.05, 4.69) is 40.7 Å². The van der Waals surface area contributed by atoms with Crippen LogP contribution >= 0.6 is 0 Å². The van der Waals surface area contributed by atoms with Gasteiger partial charge in [-0.25, -0.2) is 4.98 Å². The molecule has 1 aromatic heterocycles. The molecule has 38 heavy (non-hydrogen) atoms. The zero-order chi connectivity index (χ0) is 26.6. The number of nitrogens with zero attached hydrogens (tertiary/aromatic N) is 2. The number of hydrogen-bond acceptors (Lipinski definition) is 4. The van der Waals surface area contributed by atoms with Gasteiger partial charge in [-0.15, -0.1) is 6.58 Å². The van der Waals surface area contributed by atoms with Crippen LogP contribution in [0, 0.1) is 5.92 Å². The molecule has 3 aromatic rings. The fraction of sp³-hybridized carbons (Fsp3) is 0.500. The predicted octanol–water partition coefficient (Wildman–Crippen LogP) is 6.65. The summed E-state index contributed by atoms with van der Waals surface area (Å²) in [5.41, 5.74) is 3.38. The Balaban J connectivity index is 1.25. The Bertz CT molecular complexity index is 1180. The number of fused-ring (bicyclic) bond motifs is 1. The van der Waals surface area contributed by atoms with Gasteiger partial charge in [-0.2, -0.15) is 0 Å². The van der Waals surface area contributed by atoms with Gasteiger partial charge in [0.25, 0.3) is 0 Å². The number of carbonyl (C=O) groups excluding carboxylic acids is 1. The van der Waals surface area contributed by atoms with Crippen molar-refractivity contribution in [2.75, 3.05) is 20.3 Å². The van der Waals surface area contributed by atoms with E-state index in [1.165, 1.54) is 24.8 Å². The molecule has 0 saturated heterocycles. The van der Waals surface area contributed by atoms with E-state index >= 15 is 0 Å². The van der Waals surface area contributed by atoms with E-state index in [0.717, 1.165) is 92.9 Å². The lowest BCUT2D eigenvalue weighted by Crippen LogP contribution is -2.32. The molecule has 1 fully saturated rings. The third-order valence-electron chi connectivity index (χ3n) is 7.48. The quantitative estimate of drug-likeness (QED) is 0.181. The molecule has 204 valence electrons. The van der Waals surface area contributed by atoms with Gasteiger partial charge in [-0.1, -0.05) is 50.0 Å². The van der Waals surface area contributed by atoms with Crippen molar-refractivity contribution in [3.05, 3.63) is 66.5 Å². The van der Waals surface area contributed by atoms with Gasteiger partial charge in [0.1, 0.15) is 5.82 Å². The molecular formula is C32H43N3O3. The van der Waals surface area contributed by atoms with Crippen molar-refractivity contribution in [2.24, 2.45) is 5.92 Å². The number of nitrogens with one attached hydrogen (secondary N) is 1. The topological polar surface area (TPSA) is 65.4 Å². The first-order valence-electron chi connectivity index (χ1n) is 14.3. The molecule has 6 heteroatoms. The van der Waals surface area contributed by atoms with Crippen LogP contribution in [0.1, 0.15) is 69.2 Å². The summed E-state index contributed by atoms with van der Waals surface area (Å²) in [5.74, 6) is 3.16. The van der Waals surface area contributed by atoms with E-state index in [4.69, 9.17) is 14.5 Å². The SMILES string of the molecule is C=CCc1ccc(OCCCn2c(CCCCCNC(=O)C3CCCCC3)nc3ccccc32)c(OC)c1. The van der Waals surface area contributed by atoms with Crippen LogP contribution in [0.25, 0.3) is 11.0 Å². The monoisotopic (exact) mass is 517 g/mol. The number of aryl methyl sites for hydroxylation is 2. The van der Waals surface area contributed by atoms with Crippen molar-refractivity contribution >= 4 is 16.9 Å². The van der Waals surface area contributed by atoms with Crippen molar-refractivity contribution in [2.45, 2.75) is 77.2 Å². The highest BCUT2D eigenvalue weighted by Gasteiger charge is 2.20. The van der Waals surface area contributed by atoms with Crippen molar-refractivity contribution in [1.29, 1.82) is 0 Å². The van der Waals surface area contributed by atoms with Crippen LogP contribution < -0.4 is 14.8 Å². The van der Waals surface area contributed by atoms with E-state index in [-0.39, 0.29) is 11.8 Å². The smallest absolute Gasteiger partial charge is 0.223 e. The van der Waals surface area contributed by atoms with Crippen molar-refractivity contribution in [1.82, 2.24) is 14.9 Å². The summed E-state index contributed by atoms with van der Waals surface area (Å²) >= 11 is 0. The molecule has 0 spiro atoms. The maximum Gasteiger partial charge on any atom is 0.223 e. The second-order valence-electron chi connectivity index (χ2n) is 10.3. The van der Waals surface area contributed by atoms with Crippen LogP contribution in [-0.4, -0.2) is 35.7 Å². The maximum atomic E-state index is 12.3. The Morgan fingerprint density at radius 1 is 1.08 bits per heavy atom. The zero-order valence-electron chi connectivity index (χ0n) is 22.9. The lowest BCUT2D eigenvalue weighted by atomic mass is 9.89. The van der Waals surface area contributed by atoms with Gasteiger partial charge in [0, 0.05) is 25.4 Å². The summed E-state index contributed by atoms with van der Waals surface area (Å²) < 4.78 is 14.0. The standard InChI is InChI=1S/C32H43N3O3/c1-3-13-25-19-20-29(30(24-25)37-2)38-23-12-22-35-28-17-10-9-16-27(28)34-31(35)18-8-5-11-21-33-32(36)26-14-6-4-7-15-26/h3,9-10,16-17,19-20,24,26H,1,4-8,11-15,18,21-23H2,2H3,(H,33,36). The van der Waals surface area contributed by atoms with Crippen molar-refractivity contribution < 1.29 is 14.3 Å². The first-order valence-corrected chi connectivity index (χ1v) is 14.3. The molecule has 4 rings (SSSR count). The molecule has 1 heterocycles. The van der Waals surface area contributed by atoms with Gasteiger partial charge in [-0.05, 0) is 68.4 Å². The minimum atomic E-state index is 0.241. The molecule has 0 bridgehead atoms. The van der Waals surface area contributed by atoms with Gasteiger partial charge < -0.3 is 19.4 Å². The van der Waals surface area contributed by atoms with Crippen LogP contribution in [-0.2, 0) is 24.2 Å². The third-order valence-corrected chi connectivity index (χ3v) is 7.48. The fourth-order valence-corrected chi connectivity index (χ4v) is 5.40. The maximum absolute atomic E-state index is 12.3. The van der Waals surface area contributed by atoms with E-state index in [9.17, 15) is 4.79 Å². The van der Waals surface area contributed by atoms with Crippen LogP contribution in [0.4, 0.5) is 0 Å². The Morgan fingerprint density at radius 2 is 1.92 bits per heavy atom. The average molecular weight is 518 g/mol. The molecular weight excluding hydrogens is 474 g/mol. The highest BCUT2D eigenvalue weighted by molar-refractivity contribution is 5.78.